The van der Waals surface area contributed by atoms with Gasteiger partial charge in [-0.3, -0.25) is 4.79 Å². The van der Waals surface area contributed by atoms with Crippen LogP contribution in [0.5, 0.6) is 0 Å². The van der Waals surface area contributed by atoms with Crippen LogP contribution in [0, 0.1) is 11.6 Å². The van der Waals surface area contributed by atoms with E-state index in [0.717, 1.165) is 30.1 Å². The zero-order valence-electron chi connectivity index (χ0n) is 11.6. The van der Waals surface area contributed by atoms with E-state index in [0.29, 0.717) is 0 Å². The van der Waals surface area contributed by atoms with Gasteiger partial charge < -0.3 is 15.0 Å². The second-order valence-electron chi connectivity index (χ2n) is 5.26. The molecular formula is C14H19F2N2O2+. The van der Waals surface area contributed by atoms with E-state index in [1.165, 1.54) is 6.07 Å². The lowest BCUT2D eigenvalue weighted by atomic mass is 10.2. The molecule has 4 nitrogen and oxygen atoms in total. The first-order valence-electron chi connectivity index (χ1n) is 6.68. The van der Waals surface area contributed by atoms with Crippen molar-refractivity contribution in [3.8, 4) is 0 Å². The Morgan fingerprint density at radius 2 is 2.00 bits per heavy atom. The second-order valence-corrected chi connectivity index (χ2v) is 5.26. The fraction of sp³-hybridized carbons (Fsp3) is 0.500. The number of carbonyl (C=O) groups is 1. The quantitative estimate of drug-likeness (QED) is 0.854. The van der Waals surface area contributed by atoms with Crippen molar-refractivity contribution in [2.24, 2.45) is 0 Å². The number of halogens is 2. The highest BCUT2D eigenvalue weighted by atomic mass is 19.1. The van der Waals surface area contributed by atoms with Crippen molar-refractivity contribution in [2.45, 2.75) is 26.1 Å². The summed E-state index contributed by atoms with van der Waals surface area (Å²) in [5.74, 6) is -1.72. The molecule has 0 unspecified atom stereocenters. The van der Waals surface area contributed by atoms with Gasteiger partial charge >= 0.3 is 0 Å². The van der Waals surface area contributed by atoms with Crippen molar-refractivity contribution in [1.29, 1.82) is 0 Å². The number of morpholine rings is 1. The van der Waals surface area contributed by atoms with Gasteiger partial charge in [0.25, 0.3) is 5.91 Å². The molecule has 0 spiro atoms. The van der Waals surface area contributed by atoms with Crippen LogP contribution in [0.1, 0.15) is 13.8 Å². The fourth-order valence-electron chi connectivity index (χ4n) is 2.55. The van der Waals surface area contributed by atoms with E-state index in [9.17, 15) is 13.6 Å². The highest BCUT2D eigenvalue weighted by molar-refractivity contribution is 5.91. The molecular weight excluding hydrogens is 266 g/mol. The monoisotopic (exact) mass is 285 g/mol. The van der Waals surface area contributed by atoms with E-state index in [1.54, 1.807) is 0 Å². The van der Waals surface area contributed by atoms with Crippen LogP contribution in [-0.4, -0.2) is 37.7 Å². The van der Waals surface area contributed by atoms with Gasteiger partial charge in [0.15, 0.2) is 6.54 Å². The lowest BCUT2D eigenvalue weighted by Crippen LogP contribution is -3.16. The average molecular weight is 285 g/mol. The Morgan fingerprint density at radius 3 is 2.60 bits per heavy atom. The smallest absolute Gasteiger partial charge is 0.279 e. The standard InChI is InChI=1S/C14H18F2N2O2/c1-9-6-18(7-10(2)20-9)8-14(19)17-13-4-3-11(15)5-12(13)16/h3-5,9-10H,6-8H2,1-2H3,(H,17,19)/p+1/t9-,10-/m1/s1. The van der Waals surface area contributed by atoms with E-state index in [4.69, 9.17) is 4.74 Å². The summed E-state index contributed by atoms with van der Waals surface area (Å²) in [6.45, 7) is 5.66. The molecule has 1 amide bonds. The van der Waals surface area contributed by atoms with Crippen LogP contribution in [0.2, 0.25) is 0 Å². The maximum absolute atomic E-state index is 13.4. The van der Waals surface area contributed by atoms with Crippen molar-refractivity contribution >= 4 is 11.6 Å². The van der Waals surface area contributed by atoms with Gasteiger partial charge in [-0.1, -0.05) is 0 Å². The molecule has 0 radical (unpaired) electrons. The largest absolute Gasteiger partial charge is 0.364 e. The normalized spacial score (nSPS) is 26.3. The molecule has 1 aliphatic heterocycles. The second kappa shape index (κ2) is 6.28. The van der Waals surface area contributed by atoms with Crippen molar-refractivity contribution in [1.82, 2.24) is 0 Å². The predicted molar refractivity (Wildman–Crippen MR) is 70.6 cm³/mol. The zero-order chi connectivity index (χ0) is 14.7. The lowest BCUT2D eigenvalue weighted by Gasteiger charge is -2.31. The summed E-state index contributed by atoms with van der Waals surface area (Å²) in [6, 6.07) is 3.09. The van der Waals surface area contributed by atoms with Crippen LogP contribution in [0.4, 0.5) is 14.5 Å². The number of benzene rings is 1. The number of hydrogen-bond donors (Lipinski definition) is 2. The number of quaternary nitrogens is 1. The van der Waals surface area contributed by atoms with Gasteiger partial charge in [0.1, 0.15) is 36.9 Å². The number of hydrogen-bond acceptors (Lipinski definition) is 2. The minimum atomic E-state index is -0.767. The molecule has 2 atom stereocenters. The molecule has 6 heteroatoms. The lowest BCUT2D eigenvalue weighted by molar-refractivity contribution is -0.907. The van der Waals surface area contributed by atoms with Gasteiger partial charge in [0.05, 0.1) is 5.69 Å². The molecule has 2 N–H and O–H groups in total. The predicted octanol–water partition coefficient (Wildman–Crippen LogP) is 0.595. The van der Waals surface area contributed by atoms with Crippen molar-refractivity contribution in [3.63, 3.8) is 0 Å². The molecule has 2 rings (SSSR count). The molecule has 1 saturated heterocycles. The van der Waals surface area contributed by atoms with Gasteiger partial charge in [-0.15, -0.1) is 0 Å². The van der Waals surface area contributed by atoms with E-state index in [-0.39, 0.29) is 30.3 Å². The molecule has 1 heterocycles. The number of anilines is 1. The maximum Gasteiger partial charge on any atom is 0.279 e. The van der Waals surface area contributed by atoms with Gasteiger partial charge in [0.2, 0.25) is 0 Å². The third-order valence-electron chi connectivity index (χ3n) is 3.23. The Kier molecular flexibility index (Phi) is 4.67. The van der Waals surface area contributed by atoms with Gasteiger partial charge in [-0.05, 0) is 26.0 Å². The third-order valence-corrected chi connectivity index (χ3v) is 3.23. The van der Waals surface area contributed by atoms with Crippen LogP contribution < -0.4 is 10.2 Å². The minimum Gasteiger partial charge on any atom is -0.364 e. The Hall–Kier alpha value is -1.53. The number of rotatable bonds is 3. The number of nitrogens with one attached hydrogen (secondary N) is 2. The van der Waals surface area contributed by atoms with Gasteiger partial charge in [0, 0.05) is 6.07 Å². The maximum atomic E-state index is 13.4. The highest BCUT2D eigenvalue weighted by Gasteiger charge is 2.27. The molecule has 1 aromatic carbocycles. The molecule has 0 aromatic heterocycles. The Morgan fingerprint density at radius 1 is 1.35 bits per heavy atom. The summed E-state index contributed by atoms with van der Waals surface area (Å²) in [4.78, 5) is 13.0. The number of carbonyl (C=O) groups excluding carboxylic acids is 1. The minimum absolute atomic E-state index is 0.00477. The van der Waals surface area contributed by atoms with Crippen molar-refractivity contribution in [3.05, 3.63) is 29.8 Å². The third kappa shape index (κ3) is 3.98. The fourth-order valence-corrected chi connectivity index (χ4v) is 2.55. The van der Waals surface area contributed by atoms with E-state index in [2.05, 4.69) is 5.32 Å². The van der Waals surface area contributed by atoms with Crippen LogP contribution in [0.3, 0.4) is 0 Å². The van der Waals surface area contributed by atoms with Crippen LogP contribution in [0.25, 0.3) is 0 Å². The Bertz CT molecular complexity index is 486. The van der Waals surface area contributed by atoms with Crippen LogP contribution >= 0.6 is 0 Å². The SMILES string of the molecule is C[C@@H]1C[NH+](CC(=O)Nc2ccc(F)cc2F)C[C@@H](C)O1. The topological polar surface area (TPSA) is 42.8 Å². The average Bonchev–Trinajstić information content (AvgIpc) is 2.31. The van der Waals surface area contributed by atoms with E-state index in [1.807, 2.05) is 13.8 Å². The molecule has 1 fully saturated rings. The first-order chi connectivity index (χ1) is 9.44. The summed E-state index contributed by atoms with van der Waals surface area (Å²) in [5, 5.41) is 2.47. The van der Waals surface area contributed by atoms with Crippen LogP contribution in [-0.2, 0) is 9.53 Å². The summed E-state index contributed by atoms with van der Waals surface area (Å²) in [6.07, 6.45) is 0.202. The molecule has 0 bridgehead atoms. The van der Waals surface area contributed by atoms with Crippen LogP contribution in [0.15, 0.2) is 18.2 Å². The summed E-state index contributed by atoms with van der Waals surface area (Å²) >= 11 is 0. The Labute approximate surface area is 116 Å². The number of ether oxygens (including phenoxy) is 1. The molecule has 1 aliphatic rings. The van der Waals surface area contributed by atoms with Gasteiger partial charge in [-0.25, -0.2) is 8.78 Å². The zero-order valence-corrected chi connectivity index (χ0v) is 11.6. The number of amides is 1. The molecule has 0 aliphatic carbocycles. The molecule has 0 saturated carbocycles. The first kappa shape index (κ1) is 14.9. The molecule has 20 heavy (non-hydrogen) atoms. The van der Waals surface area contributed by atoms with Crippen molar-refractivity contribution in [2.75, 3.05) is 25.0 Å². The summed E-state index contributed by atoms with van der Waals surface area (Å²) < 4.78 is 31.8. The summed E-state index contributed by atoms with van der Waals surface area (Å²) in [7, 11) is 0. The molecule has 110 valence electrons. The first-order valence-corrected chi connectivity index (χ1v) is 6.68. The van der Waals surface area contributed by atoms with E-state index >= 15 is 0 Å². The highest BCUT2D eigenvalue weighted by Crippen LogP contribution is 2.14. The molecule has 1 aromatic rings. The Balaban J connectivity index is 1.92. The van der Waals surface area contributed by atoms with E-state index < -0.39 is 11.6 Å². The summed E-state index contributed by atoms with van der Waals surface area (Å²) in [5.41, 5.74) is 0.00477. The van der Waals surface area contributed by atoms with Gasteiger partial charge in [-0.2, -0.15) is 0 Å². The van der Waals surface area contributed by atoms with Crippen molar-refractivity contribution < 1.29 is 23.2 Å².